The van der Waals surface area contributed by atoms with Crippen molar-refractivity contribution < 1.29 is 19.0 Å². The minimum atomic E-state index is -0.883. The average Bonchev–Trinajstić information content (AvgIpc) is 2.59. The quantitative estimate of drug-likeness (QED) is 0.705. The van der Waals surface area contributed by atoms with Gasteiger partial charge in [-0.2, -0.15) is 0 Å². The van der Waals surface area contributed by atoms with E-state index in [1.807, 2.05) is 13.8 Å². The van der Waals surface area contributed by atoms with Crippen LogP contribution < -0.4 is 10.1 Å². The molecule has 0 radical (unpaired) electrons. The van der Waals surface area contributed by atoms with E-state index in [2.05, 4.69) is 10.3 Å². The van der Waals surface area contributed by atoms with Gasteiger partial charge in [0.2, 0.25) is 0 Å². The van der Waals surface area contributed by atoms with Gasteiger partial charge in [-0.15, -0.1) is 11.8 Å². The van der Waals surface area contributed by atoms with Crippen LogP contribution in [-0.4, -0.2) is 40.5 Å². The van der Waals surface area contributed by atoms with Crippen molar-refractivity contribution in [3.8, 4) is 5.75 Å². The van der Waals surface area contributed by atoms with E-state index in [1.54, 1.807) is 18.3 Å². The van der Waals surface area contributed by atoms with E-state index < -0.39 is 6.10 Å². The van der Waals surface area contributed by atoms with Crippen LogP contribution in [0.25, 0.3) is 0 Å². The Hall–Kier alpha value is -2.12. The van der Waals surface area contributed by atoms with Gasteiger partial charge in [0, 0.05) is 18.0 Å². The predicted molar refractivity (Wildman–Crippen MR) is 95.5 cm³/mol. The molecule has 2 N–H and O–H groups in total. The fraction of sp³-hybridized carbons (Fsp3) is 0.333. The lowest BCUT2D eigenvalue weighted by Gasteiger charge is -2.14. The fourth-order valence-corrected chi connectivity index (χ4v) is 2.82. The van der Waals surface area contributed by atoms with E-state index in [0.29, 0.717) is 21.6 Å². The van der Waals surface area contributed by atoms with Crippen LogP contribution in [-0.2, 0) is 0 Å². The van der Waals surface area contributed by atoms with Crippen molar-refractivity contribution >= 4 is 17.7 Å². The van der Waals surface area contributed by atoms with Gasteiger partial charge in [-0.1, -0.05) is 13.8 Å². The Kier molecular flexibility index (Phi) is 7.21. The molecule has 1 aromatic carbocycles. The smallest absolute Gasteiger partial charge is 0.254 e. The maximum Gasteiger partial charge on any atom is 0.254 e. The molecule has 0 aliphatic rings. The Labute approximate surface area is 150 Å². The number of benzene rings is 1. The molecular weight excluding hydrogens is 343 g/mol. The van der Waals surface area contributed by atoms with Crippen molar-refractivity contribution in [2.75, 3.05) is 13.2 Å². The number of aliphatic hydroxyl groups is 1. The number of rotatable bonds is 8. The molecule has 25 heavy (non-hydrogen) atoms. The lowest BCUT2D eigenvalue weighted by molar-refractivity contribution is 0.0840. The molecule has 2 aromatic rings. The number of ether oxygens (including phenoxy) is 1. The maximum atomic E-state index is 12.8. The number of hydrogen-bond acceptors (Lipinski definition) is 5. The number of carbonyl (C=O) groups excluding carboxylic acids is 1. The highest BCUT2D eigenvalue weighted by atomic mass is 32.2. The summed E-state index contributed by atoms with van der Waals surface area (Å²) in [5.41, 5.74) is 0.479. The third-order valence-electron chi connectivity index (χ3n) is 3.12. The fourth-order valence-electron chi connectivity index (χ4n) is 1.97. The van der Waals surface area contributed by atoms with Crippen LogP contribution >= 0.6 is 11.8 Å². The van der Waals surface area contributed by atoms with E-state index >= 15 is 0 Å². The zero-order chi connectivity index (χ0) is 18.2. The van der Waals surface area contributed by atoms with Gasteiger partial charge in [-0.3, -0.25) is 4.79 Å². The van der Waals surface area contributed by atoms with Gasteiger partial charge < -0.3 is 15.2 Å². The molecule has 0 aliphatic heterocycles. The Balaban J connectivity index is 1.84. The first-order chi connectivity index (χ1) is 12.0. The molecule has 0 spiro atoms. The zero-order valence-electron chi connectivity index (χ0n) is 14.1. The number of aliphatic hydroxyl groups excluding tert-OH is 1. The molecule has 7 heteroatoms. The highest BCUT2D eigenvalue weighted by Gasteiger charge is 2.15. The first kappa shape index (κ1) is 19.2. The zero-order valence-corrected chi connectivity index (χ0v) is 14.9. The van der Waals surface area contributed by atoms with Crippen molar-refractivity contribution in [2.45, 2.75) is 30.2 Å². The van der Waals surface area contributed by atoms with E-state index in [4.69, 9.17) is 4.74 Å². The summed E-state index contributed by atoms with van der Waals surface area (Å²) < 4.78 is 18.2. The van der Waals surface area contributed by atoms with Gasteiger partial charge in [-0.05, 0) is 36.4 Å². The third-order valence-corrected chi connectivity index (χ3v) is 4.14. The molecule has 134 valence electrons. The number of thioether (sulfide) groups is 1. The van der Waals surface area contributed by atoms with Crippen LogP contribution in [0, 0.1) is 5.82 Å². The maximum absolute atomic E-state index is 12.8. The number of hydrogen-bond donors (Lipinski definition) is 2. The molecule has 1 unspecified atom stereocenters. The van der Waals surface area contributed by atoms with Crippen LogP contribution in [0.1, 0.15) is 24.2 Å². The lowest BCUT2D eigenvalue weighted by atomic mass is 10.2. The molecule has 2 rings (SSSR count). The normalized spacial score (nSPS) is 12.0. The second-order valence-electron chi connectivity index (χ2n) is 5.65. The topological polar surface area (TPSA) is 71.5 Å². The third kappa shape index (κ3) is 6.36. The molecular formula is C18H21FN2O3S. The van der Waals surface area contributed by atoms with Gasteiger partial charge in [0.15, 0.2) is 0 Å². The minimum absolute atomic E-state index is 0.00739. The van der Waals surface area contributed by atoms with E-state index in [9.17, 15) is 14.3 Å². The monoisotopic (exact) mass is 364 g/mol. The van der Waals surface area contributed by atoms with Crippen molar-refractivity contribution in [3.05, 3.63) is 54.0 Å². The van der Waals surface area contributed by atoms with Crippen LogP contribution in [0.15, 0.2) is 47.6 Å². The molecule has 1 atom stereocenters. The average molecular weight is 364 g/mol. The van der Waals surface area contributed by atoms with Gasteiger partial charge >= 0.3 is 0 Å². The summed E-state index contributed by atoms with van der Waals surface area (Å²) in [7, 11) is 0. The molecule has 1 amide bonds. The number of halogens is 1. The highest BCUT2D eigenvalue weighted by molar-refractivity contribution is 7.99. The summed E-state index contributed by atoms with van der Waals surface area (Å²) in [5.74, 6) is -0.196. The molecule has 0 bridgehead atoms. The number of carbonyl (C=O) groups is 1. The Bertz CT molecular complexity index is 695. The number of nitrogens with one attached hydrogen (secondary N) is 1. The molecule has 0 aliphatic carbocycles. The Morgan fingerprint density at radius 2 is 2.04 bits per heavy atom. The molecule has 0 saturated heterocycles. The van der Waals surface area contributed by atoms with Crippen LogP contribution in [0.3, 0.4) is 0 Å². The molecule has 0 saturated carbocycles. The number of pyridine rings is 1. The van der Waals surface area contributed by atoms with Crippen molar-refractivity contribution in [2.24, 2.45) is 0 Å². The van der Waals surface area contributed by atoms with Crippen molar-refractivity contribution in [1.82, 2.24) is 10.3 Å². The standard InChI is InChI=1S/C18H21FN2O3S/c1-12(2)25-18-16(4-3-9-20-18)17(23)21-10-14(22)11-24-15-7-5-13(19)6-8-15/h3-9,12,14,22H,10-11H2,1-2H3,(H,21,23). The molecule has 1 heterocycles. The second kappa shape index (κ2) is 9.39. The SMILES string of the molecule is CC(C)Sc1ncccc1C(=O)NCC(O)COc1ccc(F)cc1. The summed E-state index contributed by atoms with van der Waals surface area (Å²) in [4.78, 5) is 16.5. The van der Waals surface area contributed by atoms with Gasteiger partial charge in [0.25, 0.3) is 5.91 Å². The van der Waals surface area contributed by atoms with Crippen LogP contribution in [0.2, 0.25) is 0 Å². The van der Waals surface area contributed by atoms with Crippen molar-refractivity contribution in [1.29, 1.82) is 0 Å². The first-order valence-corrected chi connectivity index (χ1v) is 8.80. The summed E-state index contributed by atoms with van der Waals surface area (Å²) in [6.45, 7) is 4.09. The van der Waals surface area contributed by atoms with Crippen LogP contribution in [0.4, 0.5) is 4.39 Å². The largest absolute Gasteiger partial charge is 0.491 e. The lowest BCUT2D eigenvalue weighted by Crippen LogP contribution is -2.35. The van der Waals surface area contributed by atoms with Gasteiger partial charge in [0.05, 0.1) is 5.56 Å². The predicted octanol–water partition coefficient (Wildman–Crippen LogP) is 2.89. The number of nitrogens with zero attached hydrogens (tertiary/aromatic N) is 1. The molecule has 1 aromatic heterocycles. The number of amides is 1. The van der Waals surface area contributed by atoms with Gasteiger partial charge in [0.1, 0.15) is 29.3 Å². The van der Waals surface area contributed by atoms with Crippen LogP contribution in [0.5, 0.6) is 5.75 Å². The van der Waals surface area contributed by atoms with E-state index in [0.717, 1.165) is 0 Å². The Morgan fingerprint density at radius 3 is 2.72 bits per heavy atom. The first-order valence-electron chi connectivity index (χ1n) is 7.92. The summed E-state index contributed by atoms with van der Waals surface area (Å²) >= 11 is 1.51. The van der Waals surface area contributed by atoms with E-state index in [1.165, 1.54) is 36.0 Å². The summed E-state index contributed by atoms with van der Waals surface area (Å²) in [6, 6.07) is 8.92. The summed E-state index contributed by atoms with van der Waals surface area (Å²) in [5, 5.41) is 13.6. The second-order valence-corrected chi connectivity index (χ2v) is 7.22. The molecule has 5 nitrogen and oxygen atoms in total. The number of aromatic nitrogens is 1. The summed E-state index contributed by atoms with van der Waals surface area (Å²) in [6.07, 6.45) is 0.763. The van der Waals surface area contributed by atoms with Gasteiger partial charge in [-0.25, -0.2) is 9.37 Å². The Morgan fingerprint density at radius 1 is 1.32 bits per heavy atom. The molecule has 0 fully saturated rings. The van der Waals surface area contributed by atoms with E-state index in [-0.39, 0.29) is 24.9 Å². The minimum Gasteiger partial charge on any atom is -0.491 e. The highest BCUT2D eigenvalue weighted by Crippen LogP contribution is 2.24. The van der Waals surface area contributed by atoms with Crippen molar-refractivity contribution in [3.63, 3.8) is 0 Å².